The average Bonchev–Trinajstić information content (AvgIpc) is 2.73. The average molecular weight is 237 g/mol. The first-order valence-corrected chi connectivity index (χ1v) is 5.83. The number of halogens is 1. The van der Waals surface area contributed by atoms with Crippen molar-refractivity contribution in [3.8, 4) is 5.75 Å². The molecule has 0 N–H and O–H groups in total. The van der Waals surface area contributed by atoms with Crippen LogP contribution in [0.1, 0.15) is 10.6 Å². The summed E-state index contributed by atoms with van der Waals surface area (Å²) in [5.41, 5.74) is 1.21. The molecule has 0 radical (unpaired) electrons. The standard InChI is InChI=1S/C12H12FNOS/c1-15-10-5-2-9(3-6-10)4-7-12-14-8-11(13)16-12/h2-3,5-6,8H,4,7H2,1H3. The summed E-state index contributed by atoms with van der Waals surface area (Å²) in [7, 11) is 1.65. The SMILES string of the molecule is COc1ccc(CCc2ncc(F)s2)cc1. The number of hydrogen-bond donors (Lipinski definition) is 0. The zero-order chi connectivity index (χ0) is 11.4. The van der Waals surface area contributed by atoms with Gasteiger partial charge in [-0.15, -0.1) is 0 Å². The van der Waals surface area contributed by atoms with E-state index in [1.807, 2.05) is 24.3 Å². The van der Waals surface area contributed by atoms with Crippen LogP contribution in [0.2, 0.25) is 0 Å². The number of thiazole rings is 1. The number of aryl methyl sites for hydroxylation is 2. The lowest BCUT2D eigenvalue weighted by Gasteiger charge is -2.01. The summed E-state index contributed by atoms with van der Waals surface area (Å²) in [6, 6.07) is 7.89. The minimum atomic E-state index is -0.218. The zero-order valence-electron chi connectivity index (χ0n) is 8.94. The first-order chi connectivity index (χ1) is 7.78. The van der Waals surface area contributed by atoms with Crippen molar-refractivity contribution in [1.29, 1.82) is 0 Å². The number of benzene rings is 1. The fraction of sp³-hybridized carbons (Fsp3) is 0.250. The number of aromatic nitrogens is 1. The molecular weight excluding hydrogens is 225 g/mol. The van der Waals surface area contributed by atoms with E-state index in [0.717, 1.165) is 34.9 Å². The fourth-order valence-electron chi connectivity index (χ4n) is 1.45. The summed E-state index contributed by atoms with van der Waals surface area (Å²) in [6.45, 7) is 0. The fourth-order valence-corrected chi connectivity index (χ4v) is 2.09. The van der Waals surface area contributed by atoms with Gasteiger partial charge in [-0.2, -0.15) is 4.39 Å². The highest BCUT2D eigenvalue weighted by molar-refractivity contribution is 7.09. The Morgan fingerprint density at radius 1 is 1.25 bits per heavy atom. The van der Waals surface area contributed by atoms with Crippen LogP contribution in [0, 0.1) is 5.13 Å². The quantitative estimate of drug-likeness (QED) is 0.815. The second kappa shape index (κ2) is 5.07. The zero-order valence-corrected chi connectivity index (χ0v) is 9.76. The van der Waals surface area contributed by atoms with Gasteiger partial charge in [0.1, 0.15) is 5.75 Å². The van der Waals surface area contributed by atoms with Gasteiger partial charge >= 0.3 is 0 Å². The van der Waals surface area contributed by atoms with Crippen molar-refractivity contribution in [3.05, 3.63) is 46.2 Å². The Morgan fingerprint density at radius 2 is 2.00 bits per heavy atom. The van der Waals surface area contributed by atoms with Crippen molar-refractivity contribution in [1.82, 2.24) is 4.98 Å². The third kappa shape index (κ3) is 2.79. The Kier molecular flexibility index (Phi) is 3.51. The smallest absolute Gasteiger partial charge is 0.196 e. The lowest BCUT2D eigenvalue weighted by molar-refractivity contribution is 0.414. The van der Waals surface area contributed by atoms with Gasteiger partial charge in [-0.1, -0.05) is 23.5 Å². The minimum absolute atomic E-state index is 0.218. The molecule has 0 unspecified atom stereocenters. The van der Waals surface area contributed by atoms with E-state index >= 15 is 0 Å². The van der Waals surface area contributed by atoms with Crippen LogP contribution in [0.4, 0.5) is 4.39 Å². The van der Waals surface area contributed by atoms with Crippen molar-refractivity contribution in [2.75, 3.05) is 7.11 Å². The molecule has 1 aromatic carbocycles. The van der Waals surface area contributed by atoms with Crippen LogP contribution in [-0.4, -0.2) is 12.1 Å². The van der Waals surface area contributed by atoms with E-state index in [9.17, 15) is 4.39 Å². The number of nitrogens with zero attached hydrogens (tertiary/aromatic N) is 1. The largest absolute Gasteiger partial charge is 0.497 e. The molecular formula is C12H12FNOS. The predicted octanol–water partition coefficient (Wildman–Crippen LogP) is 3.08. The van der Waals surface area contributed by atoms with Gasteiger partial charge in [-0.3, -0.25) is 0 Å². The summed E-state index contributed by atoms with van der Waals surface area (Å²) in [5.74, 6) is 0.851. The van der Waals surface area contributed by atoms with Crippen LogP contribution in [0.15, 0.2) is 30.5 Å². The Bertz CT molecular complexity index is 452. The van der Waals surface area contributed by atoms with Gasteiger partial charge in [-0.25, -0.2) is 4.98 Å². The van der Waals surface area contributed by atoms with Gasteiger partial charge in [0.15, 0.2) is 5.13 Å². The van der Waals surface area contributed by atoms with E-state index in [2.05, 4.69) is 4.98 Å². The topological polar surface area (TPSA) is 22.1 Å². The molecule has 0 aliphatic carbocycles. The second-order valence-corrected chi connectivity index (χ2v) is 4.47. The molecule has 16 heavy (non-hydrogen) atoms. The van der Waals surface area contributed by atoms with Crippen molar-refractivity contribution in [2.24, 2.45) is 0 Å². The molecule has 0 aliphatic rings. The first-order valence-electron chi connectivity index (χ1n) is 5.01. The molecule has 0 spiro atoms. The van der Waals surface area contributed by atoms with Gasteiger partial charge in [0.05, 0.1) is 18.3 Å². The van der Waals surface area contributed by atoms with Crippen LogP contribution >= 0.6 is 11.3 Å². The van der Waals surface area contributed by atoms with E-state index in [4.69, 9.17) is 4.74 Å². The highest BCUT2D eigenvalue weighted by Crippen LogP contribution is 2.15. The number of rotatable bonds is 4. The third-order valence-corrected chi connectivity index (χ3v) is 3.16. The molecule has 0 saturated heterocycles. The van der Waals surface area contributed by atoms with Crippen LogP contribution < -0.4 is 4.74 Å². The highest BCUT2D eigenvalue weighted by Gasteiger charge is 2.01. The van der Waals surface area contributed by atoms with Gasteiger partial charge < -0.3 is 4.74 Å². The summed E-state index contributed by atoms with van der Waals surface area (Å²) < 4.78 is 17.8. The molecule has 1 aromatic heterocycles. The molecule has 1 heterocycles. The maximum absolute atomic E-state index is 12.7. The molecule has 4 heteroatoms. The Balaban J connectivity index is 1.94. The van der Waals surface area contributed by atoms with Crippen LogP contribution in [0.25, 0.3) is 0 Å². The van der Waals surface area contributed by atoms with Crippen LogP contribution in [0.3, 0.4) is 0 Å². The number of hydrogen-bond acceptors (Lipinski definition) is 3. The Labute approximate surface area is 97.7 Å². The molecule has 0 saturated carbocycles. The normalized spacial score (nSPS) is 10.4. The van der Waals surface area contributed by atoms with Crippen molar-refractivity contribution < 1.29 is 9.13 Å². The van der Waals surface area contributed by atoms with Gasteiger partial charge in [-0.05, 0) is 24.1 Å². The molecule has 2 rings (SSSR count). The van der Waals surface area contributed by atoms with Gasteiger partial charge in [0.2, 0.25) is 0 Å². The monoisotopic (exact) mass is 237 g/mol. The summed E-state index contributed by atoms with van der Waals surface area (Å²) in [6.07, 6.45) is 2.92. The second-order valence-electron chi connectivity index (χ2n) is 3.41. The molecule has 0 fully saturated rings. The van der Waals surface area contributed by atoms with E-state index in [0.29, 0.717) is 0 Å². The number of methoxy groups -OCH3 is 1. The molecule has 0 atom stereocenters. The first kappa shape index (κ1) is 11.1. The predicted molar refractivity (Wildman–Crippen MR) is 62.5 cm³/mol. The molecule has 0 amide bonds. The summed E-state index contributed by atoms with van der Waals surface area (Å²) in [5, 5.41) is 0.623. The highest BCUT2D eigenvalue weighted by atomic mass is 32.1. The Morgan fingerprint density at radius 3 is 2.56 bits per heavy atom. The minimum Gasteiger partial charge on any atom is -0.497 e. The van der Waals surface area contributed by atoms with Crippen molar-refractivity contribution in [3.63, 3.8) is 0 Å². The van der Waals surface area contributed by atoms with Crippen LogP contribution in [0.5, 0.6) is 5.75 Å². The Hall–Kier alpha value is -1.42. The molecule has 2 aromatic rings. The lowest BCUT2D eigenvalue weighted by atomic mass is 10.1. The maximum Gasteiger partial charge on any atom is 0.196 e. The van der Waals surface area contributed by atoms with E-state index in [1.54, 1.807) is 7.11 Å². The van der Waals surface area contributed by atoms with Gasteiger partial charge in [0.25, 0.3) is 0 Å². The molecule has 0 bridgehead atoms. The van der Waals surface area contributed by atoms with E-state index in [-0.39, 0.29) is 5.13 Å². The van der Waals surface area contributed by atoms with Crippen molar-refractivity contribution in [2.45, 2.75) is 12.8 Å². The van der Waals surface area contributed by atoms with E-state index < -0.39 is 0 Å². The number of ether oxygens (including phenoxy) is 1. The molecule has 84 valence electrons. The maximum atomic E-state index is 12.7. The summed E-state index contributed by atoms with van der Waals surface area (Å²) >= 11 is 1.11. The third-order valence-electron chi connectivity index (χ3n) is 2.31. The lowest BCUT2D eigenvalue weighted by Crippen LogP contribution is -1.90. The van der Waals surface area contributed by atoms with E-state index in [1.165, 1.54) is 11.8 Å². The van der Waals surface area contributed by atoms with Crippen LogP contribution in [-0.2, 0) is 12.8 Å². The molecule has 0 aliphatic heterocycles. The molecule has 2 nitrogen and oxygen atoms in total. The van der Waals surface area contributed by atoms with Crippen molar-refractivity contribution >= 4 is 11.3 Å². The summed E-state index contributed by atoms with van der Waals surface area (Å²) in [4.78, 5) is 3.98. The van der Waals surface area contributed by atoms with Gasteiger partial charge in [0, 0.05) is 6.42 Å².